The Hall–Kier alpha value is -1.62. The molecule has 0 aliphatic heterocycles. The predicted octanol–water partition coefficient (Wildman–Crippen LogP) is 2.13. The average molecular weight is 331 g/mol. The number of unbranched alkanes of at least 4 members (excludes halogenated alkanes) is 1. The van der Waals surface area contributed by atoms with Crippen LogP contribution in [0.15, 0.2) is 23.1 Å². The van der Waals surface area contributed by atoms with Crippen molar-refractivity contribution in [1.82, 2.24) is 4.72 Å². The summed E-state index contributed by atoms with van der Waals surface area (Å²) in [5.74, 6) is -1.25. The Morgan fingerprint density at radius 1 is 1.52 bits per heavy atom. The molecule has 1 aromatic rings. The first kappa shape index (κ1) is 17.4. The smallest absolute Gasteiger partial charge is 0.321 e. The van der Waals surface area contributed by atoms with Crippen molar-refractivity contribution in [3.8, 4) is 6.07 Å². The van der Waals surface area contributed by atoms with Crippen LogP contribution in [0.1, 0.15) is 31.7 Å². The third kappa shape index (κ3) is 4.70. The lowest BCUT2D eigenvalue weighted by Crippen LogP contribution is -2.40. The second kappa shape index (κ2) is 7.41. The minimum Gasteiger partial charge on any atom is -0.480 e. The maximum absolute atomic E-state index is 12.2. The Morgan fingerprint density at radius 2 is 2.19 bits per heavy atom. The average Bonchev–Trinajstić information content (AvgIpc) is 2.43. The third-order valence-electron chi connectivity index (χ3n) is 2.79. The molecule has 0 aliphatic carbocycles. The number of carbonyl (C=O) groups is 1. The molecular formula is C13H15ClN2O4S. The Kier molecular flexibility index (Phi) is 6.15. The quantitative estimate of drug-likeness (QED) is 0.796. The van der Waals surface area contributed by atoms with Crippen molar-refractivity contribution in [1.29, 1.82) is 5.26 Å². The number of benzene rings is 1. The molecule has 2 N–H and O–H groups in total. The first-order valence-electron chi connectivity index (χ1n) is 6.26. The van der Waals surface area contributed by atoms with Crippen molar-refractivity contribution in [3.05, 3.63) is 28.8 Å². The highest BCUT2D eigenvalue weighted by atomic mass is 35.5. The van der Waals surface area contributed by atoms with Gasteiger partial charge in [-0.15, -0.1) is 0 Å². The van der Waals surface area contributed by atoms with Crippen molar-refractivity contribution in [2.45, 2.75) is 37.1 Å². The lowest BCUT2D eigenvalue weighted by Gasteiger charge is -2.15. The standard InChI is InChI=1S/C13H15ClN2O4S/c1-2-3-4-11(13(17)18)16-21(19,20)12-7-9(8-15)5-6-10(12)14/h5-7,11,16H,2-4H2,1H3,(H,17,18)/t11-/m0/s1. The fourth-order valence-corrected chi connectivity index (χ4v) is 3.42. The molecule has 0 radical (unpaired) electrons. The highest BCUT2D eigenvalue weighted by molar-refractivity contribution is 7.89. The van der Waals surface area contributed by atoms with Crippen LogP contribution in [0.25, 0.3) is 0 Å². The van der Waals surface area contributed by atoms with E-state index in [0.29, 0.717) is 6.42 Å². The van der Waals surface area contributed by atoms with Crippen LogP contribution in [0.3, 0.4) is 0 Å². The summed E-state index contributed by atoms with van der Waals surface area (Å²) in [4.78, 5) is 10.8. The second-order valence-corrected chi connectivity index (χ2v) is 6.50. The van der Waals surface area contributed by atoms with Gasteiger partial charge in [0.25, 0.3) is 0 Å². The number of sulfonamides is 1. The Labute approximate surface area is 128 Å². The molecule has 0 aromatic heterocycles. The molecule has 0 aliphatic rings. The van der Waals surface area contributed by atoms with Gasteiger partial charge in [0.2, 0.25) is 10.0 Å². The fraction of sp³-hybridized carbons (Fsp3) is 0.385. The zero-order valence-corrected chi connectivity index (χ0v) is 12.9. The number of carboxylic acid groups (broad SMARTS) is 1. The number of carboxylic acids is 1. The van der Waals surface area contributed by atoms with E-state index >= 15 is 0 Å². The van der Waals surface area contributed by atoms with Crippen LogP contribution in [0.5, 0.6) is 0 Å². The molecule has 6 nitrogen and oxygen atoms in total. The molecule has 0 spiro atoms. The second-order valence-electron chi connectivity index (χ2n) is 4.41. The molecule has 0 fully saturated rings. The summed E-state index contributed by atoms with van der Waals surface area (Å²) in [5.41, 5.74) is 0.125. The number of rotatable bonds is 7. The van der Waals surface area contributed by atoms with Gasteiger partial charge in [0.1, 0.15) is 10.9 Å². The van der Waals surface area contributed by atoms with Crippen LogP contribution in [0.2, 0.25) is 5.02 Å². The van der Waals surface area contributed by atoms with Gasteiger partial charge in [0, 0.05) is 0 Å². The summed E-state index contributed by atoms with van der Waals surface area (Å²) in [7, 11) is -4.11. The topological polar surface area (TPSA) is 107 Å². The van der Waals surface area contributed by atoms with Crippen molar-refractivity contribution in [2.24, 2.45) is 0 Å². The lowest BCUT2D eigenvalue weighted by atomic mass is 10.1. The molecule has 21 heavy (non-hydrogen) atoms. The normalized spacial score (nSPS) is 12.6. The SMILES string of the molecule is CCCC[C@H](NS(=O)(=O)c1cc(C#N)ccc1Cl)C(=O)O. The van der Waals surface area contributed by atoms with E-state index in [9.17, 15) is 13.2 Å². The fourth-order valence-electron chi connectivity index (χ4n) is 1.67. The lowest BCUT2D eigenvalue weighted by molar-refractivity contribution is -0.139. The first-order valence-corrected chi connectivity index (χ1v) is 8.12. The van der Waals surface area contributed by atoms with Crippen LogP contribution in [-0.2, 0) is 14.8 Å². The zero-order chi connectivity index (χ0) is 16.0. The summed E-state index contributed by atoms with van der Waals surface area (Å²) in [6.45, 7) is 1.88. The molecule has 0 saturated heterocycles. The van der Waals surface area contributed by atoms with Crippen molar-refractivity contribution >= 4 is 27.6 Å². The summed E-state index contributed by atoms with van der Waals surface area (Å²) in [6, 6.07) is 4.37. The number of halogens is 1. The molecule has 0 unspecified atom stereocenters. The van der Waals surface area contributed by atoms with E-state index < -0.39 is 22.0 Å². The summed E-state index contributed by atoms with van der Waals surface area (Å²) in [5, 5.41) is 17.8. The molecule has 0 saturated carbocycles. The number of hydrogen-bond acceptors (Lipinski definition) is 4. The molecule has 0 heterocycles. The molecule has 1 aromatic carbocycles. The minimum atomic E-state index is -4.11. The molecular weight excluding hydrogens is 316 g/mol. The van der Waals surface area contributed by atoms with Gasteiger partial charge in [-0.1, -0.05) is 31.4 Å². The molecule has 114 valence electrons. The van der Waals surface area contributed by atoms with Gasteiger partial charge in [0.15, 0.2) is 0 Å². The Morgan fingerprint density at radius 3 is 2.71 bits per heavy atom. The summed E-state index contributed by atoms with van der Waals surface area (Å²) in [6.07, 6.45) is 1.50. The minimum absolute atomic E-state index is 0.0684. The highest BCUT2D eigenvalue weighted by Gasteiger charge is 2.26. The number of nitriles is 1. The molecule has 8 heteroatoms. The van der Waals surface area contributed by atoms with Gasteiger partial charge in [-0.25, -0.2) is 8.42 Å². The van der Waals surface area contributed by atoms with E-state index in [0.717, 1.165) is 12.5 Å². The number of aliphatic carboxylic acids is 1. The maximum Gasteiger partial charge on any atom is 0.321 e. The van der Waals surface area contributed by atoms with Crippen LogP contribution in [0, 0.1) is 11.3 Å². The van der Waals surface area contributed by atoms with E-state index in [2.05, 4.69) is 4.72 Å². The molecule has 0 amide bonds. The monoisotopic (exact) mass is 330 g/mol. The molecule has 1 rings (SSSR count). The van der Waals surface area contributed by atoms with Gasteiger partial charge in [-0.2, -0.15) is 9.98 Å². The van der Waals surface area contributed by atoms with E-state index in [1.807, 2.05) is 13.0 Å². The zero-order valence-electron chi connectivity index (χ0n) is 11.3. The van der Waals surface area contributed by atoms with Crippen LogP contribution in [-0.4, -0.2) is 25.5 Å². The summed E-state index contributed by atoms with van der Waals surface area (Å²) >= 11 is 5.83. The van der Waals surface area contributed by atoms with Crippen LogP contribution >= 0.6 is 11.6 Å². The molecule has 1 atom stereocenters. The van der Waals surface area contributed by atoms with Gasteiger partial charge in [0.05, 0.1) is 16.7 Å². The Balaban J connectivity index is 3.10. The largest absolute Gasteiger partial charge is 0.480 e. The van der Waals surface area contributed by atoms with E-state index in [4.69, 9.17) is 22.0 Å². The third-order valence-corrected chi connectivity index (χ3v) is 4.74. The van der Waals surface area contributed by atoms with Gasteiger partial charge < -0.3 is 5.11 Å². The van der Waals surface area contributed by atoms with Crippen molar-refractivity contribution in [3.63, 3.8) is 0 Å². The maximum atomic E-state index is 12.2. The van der Waals surface area contributed by atoms with Gasteiger partial charge in [-0.05, 0) is 24.6 Å². The number of nitrogens with one attached hydrogen (secondary N) is 1. The molecule has 0 bridgehead atoms. The van der Waals surface area contributed by atoms with Crippen LogP contribution < -0.4 is 4.72 Å². The first-order chi connectivity index (χ1) is 9.81. The van der Waals surface area contributed by atoms with E-state index in [1.165, 1.54) is 12.1 Å². The number of nitrogens with zero attached hydrogens (tertiary/aromatic N) is 1. The van der Waals surface area contributed by atoms with Gasteiger partial charge >= 0.3 is 5.97 Å². The number of hydrogen-bond donors (Lipinski definition) is 2. The van der Waals surface area contributed by atoms with E-state index in [-0.39, 0.29) is 21.9 Å². The van der Waals surface area contributed by atoms with Gasteiger partial charge in [-0.3, -0.25) is 4.79 Å². The summed E-state index contributed by atoms with van der Waals surface area (Å²) < 4.78 is 26.6. The highest BCUT2D eigenvalue weighted by Crippen LogP contribution is 2.23. The predicted molar refractivity (Wildman–Crippen MR) is 77.4 cm³/mol. The van der Waals surface area contributed by atoms with Crippen LogP contribution in [0.4, 0.5) is 0 Å². The van der Waals surface area contributed by atoms with Crippen molar-refractivity contribution < 1.29 is 18.3 Å². The van der Waals surface area contributed by atoms with Crippen molar-refractivity contribution in [2.75, 3.05) is 0 Å². The Bertz CT molecular complexity index is 667. The van der Waals surface area contributed by atoms with E-state index in [1.54, 1.807) is 0 Å².